The minimum absolute atomic E-state index is 0.158. The van der Waals surface area contributed by atoms with E-state index in [4.69, 9.17) is 28.2 Å². The highest BCUT2D eigenvalue weighted by Gasteiger charge is 2.40. The van der Waals surface area contributed by atoms with E-state index in [1.54, 1.807) is 6.07 Å². The molecule has 2 aliphatic rings. The standard InChI is InChI=1S/C21H22Cl2N2/c22-17-9-8-16(18(23)12-17)14-24-20-21(10-4-1-5-11-21)13-15-6-2-3-7-19(15)25-20/h2-3,6-9,12H,1,4-5,10-11,13-14H2,(H,24,25). The predicted octanol–water partition coefficient (Wildman–Crippen LogP) is 6.51. The van der Waals surface area contributed by atoms with E-state index in [1.165, 1.54) is 43.4 Å². The smallest absolute Gasteiger partial charge is 0.108 e. The van der Waals surface area contributed by atoms with Crippen molar-refractivity contribution in [3.8, 4) is 0 Å². The van der Waals surface area contributed by atoms with E-state index in [0.717, 1.165) is 17.8 Å². The van der Waals surface area contributed by atoms with Gasteiger partial charge in [0, 0.05) is 21.1 Å². The molecule has 0 radical (unpaired) electrons. The predicted molar refractivity (Wildman–Crippen MR) is 107 cm³/mol. The van der Waals surface area contributed by atoms with Crippen molar-refractivity contribution in [2.45, 2.75) is 45.1 Å². The van der Waals surface area contributed by atoms with E-state index in [9.17, 15) is 0 Å². The van der Waals surface area contributed by atoms with Crippen LogP contribution in [0.1, 0.15) is 43.2 Å². The lowest BCUT2D eigenvalue weighted by atomic mass is 9.67. The van der Waals surface area contributed by atoms with E-state index in [1.807, 2.05) is 12.1 Å². The molecular weight excluding hydrogens is 351 g/mol. The van der Waals surface area contributed by atoms with Gasteiger partial charge >= 0.3 is 0 Å². The van der Waals surface area contributed by atoms with E-state index in [-0.39, 0.29) is 5.41 Å². The molecule has 130 valence electrons. The topological polar surface area (TPSA) is 24.4 Å². The Labute approximate surface area is 159 Å². The van der Waals surface area contributed by atoms with Gasteiger partial charge in [-0.2, -0.15) is 0 Å². The van der Waals surface area contributed by atoms with Crippen LogP contribution < -0.4 is 5.32 Å². The molecule has 2 aromatic rings. The van der Waals surface area contributed by atoms with Crippen LogP contribution >= 0.6 is 23.2 Å². The number of benzene rings is 2. The zero-order chi connectivity index (χ0) is 17.3. The average Bonchev–Trinajstić information content (AvgIpc) is 2.62. The fraction of sp³-hybridized carbons (Fsp3) is 0.381. The first-order valence-electron chi connectivity index (χ1n) is 9.00. The molecule has 25 heavy (non-hydrogen) atoms. The molecule has 1 N–H and O–H groups in total. The Morgan fingerprint density at radius 1 is 1.00 bits per heavy atom. The lowest BCUT2D eigenvalue weighted by molar-refractivity contribution is 0.278. The number of halogens is 2. The number of hydrogen-bond acceptors (Lipinski definition) is 1. The Morgan fingerprint density at radius 3 is 2.60 bits per heavy atom. The van der Waals surface area contributed by atoms with Crippen molar-refractivity contribution in [3.05, 3.63) is 63.6 Å². The Bertz CT molecular complexity index is 807. The number of amidine groups is 1. The molecule has 0 amide bonds. The lowest BCUT2D eigenvalue weighted by Crippen LogP contribution is -2.43. The SMILES string of the molecule is Clc1ccc(CN=C2Nc3ccccc3CC23CCCCC3)c(Cl)c1. The highest BCUT2D eigenvalue weighted by atomic mass is 35.5. The van der Waals surface area contributed by atoms with Gasteiger partial charge in [-0.25, -0.2) is 0 Å². The van der Waals surface area contributed by atoms with Gasteiger partial charge < -0.3 is 5.32 Å². The van der Waals surface area contributed by atoms with Gasteiger partial charge in [-0.05, 0) is 48.6 Å². The summed E-state index contributed by atoms with van der Waals surface area (Å²) in [6, 6.07) is 14.2. The van der Waals surface area contributed by atoms with Crippen LogP contribution in [0.5, 0.6) is 0 Å². The van der Waals surface area contributed by atoms with Crippen molar-refractivity contribution in [3.63, 3.8) is 0 Å². The van der Waals surface area contributed by atoms with Crippen LogP contribution in [0.4, 0.5) is 5.69 Å². The van der Waals surface area contributed by atoms with Gasteiger partial charge in [0.2, 0.25) is 0 Å². The molecule has 0 unspecified atom stereocenters. The molecule has 4 rings (SSSR count). The van der Waals surface area contributed by atoms with Gasteiger partial charge in [0.15, 0.2) is 0 Å². The zero-order valence-corrected chi connectivity index (χ0v) is 15.7. The Kier molecular flexibility index (Phi) is 4.75. The van der Waals surface area contributed by atoms with Crippen LogP contribution in [0.2, 0.25) is 10.0 Å². The molecule has 1 fully saturated rings. The number of hydrogen-bond donors (Lipinski definition) is 1. The van der Waals surface area contributed by atoms with Crippen LogP contribution in [-0.2, 0) is 13.0 Å². The molecule has 1 saturated carbocycles. The van der Waals surface area contributed by atoms with Crippen molar-refractivity contribution in [2.24, 2.45) is 10.4 Å². The fourth-order valence-electron chi connectivity index (χ4n) is 4.17. The monoisotopic (exact) mass is 372 g/mol. The van der Waals surface area contributed by atoms with Crippen molar-refractivity contribution < 1.29 is 0 Å². The van der Waals surface area contributed by atoms with Crippen LogP contribution in [0.3, 0.4) is 0 Å². The molecule has 4 heteroatoms. The molecule has 0 aromatic heterocycles. The van der Waals surface area contributed by atoms with Crippen LogP contribution in [0.15, 0.2) is 47.5 Å². The maximum atomic E-state index is 6.33. The first-order chi connectivity index (χ1) is 12.2. The summed E-state index contributed by atoms with van der Waals surface area (Å²) in [5, 5.41) is 4.99. The first-order valence-corrected chi connectivity index (χ1v) is 9.76. The maximum Gasteiger partial charge on any atom is 0.108 e. The molecule has 1 aliphatic heterocycles. The average molecular weight is 373 g/mol. The van der Waals surface area contributed by atoms with Crippen molar-refractivity contribution in [2.75, 3.05) is 5.32 Å². The maximum absolute atomic E-state index is 6.33. The summed E-state index contributed by atoms with van der Waals surface area (Å²) in [6.07, 6.45) is 7.40. The summed E-state index contributed by atoms with van der Waals surface area (Å²) in [7, 11) is 0. The fourth-order valence-corrected chi connectivity index (χ4v) is 4.64. The summed E-state index contributed by atoms with van der Waals surface area (Å²) in [4.78, 5) is 5.00. The molecule has 1 aliphatic carbocycles. The number of rotatable bonds is 2. The van der Waals surface area contributed by atoms with Crippen LogP contribution in [0, 0.1) is 5.41 Å². The first kappa shape index (κ1) is 16.9. The summed E-state index contributed by atoms with van der Waals surface area (Å²) in [5.74, 6) is 1.14. The summed E-state index contributed by atoms with van der Waals surface area (Å²) in [6.45, 7) is 0.586. The van der Waals surface area contributed by atoms with Gasteiger partial charge in [0.05, 0.1) is 6.54 Å². The molecule has 0 atom stereocenters. The highest BCUT2D eigenvalue weighted by molar-refractivity contribution is 6.35. The van der Waals surface area contributed by atoms with Gasteiger partial charge in [-0.3, -0.25) is 4.99 Å². The van der Waals surface area contributed by atoms with E-state index < -0.39 is 0 Å². The van der Waals surface area contributed by atoms with Crippen LogP contribution in [0.25, 0.3) is 0 Å². The normalized spacial score (nSPS) is 20.3. The third kappa shape index (κ3) is 3.43. The number of para-hydroxylation sites is 1. The molecule has 2 aromatic carbocycles. The second kappa shape index (κ2) is 7.01. The summed E-state index contributed by atoms with van der Waals surface area (Å²) < 4.78 is 0. The number of fused-ring (bicyclic) bond motifs is 1. The summed E-state index contributed by atoms with van der Waals surface area (Å²) in [5.41, 5.74) is 3.78. The minimum atomic E-state index is 0.158. The van der Waals surface area contributed by atoms with Gasteiger partial charge in [-0.15, -0.1) is 0 Å². The number of nitrogens with one attached hydrogen (secondary N) is 1. The number of aliphatic imine (C=N–C) groups is 1. The molecular formula is C21H22Cl2N2. The molecule has 0 bridgehead atoms. The number of nitrogens with zero attached hydrogens (tertiary/aromatic N) is 1. The van der Waals surface area contributed by atoms with E-state index in [2.05, 4.69) is 29.6 Å². The molecule has 0 saturated heterocycles. The Morgan fingerprint density at radius 2 is 1.80 bits per heavy atom. The third-order valence-electron chi connectivity index (χ3n) is 5.53. The summed E-state index contributed by atoms with van der Waals surface area (Å²) >= 11 is 12.3. The molecule has 2 nitrogen and oxygen atoms in total. The molecule has 1 heterocycles. The van der Waals surface area contributed by atoms with Crippen molar-refractivity contribution >= 4 is 34.7 Å². The molecule has 1 spiro atoms. The Hall–Kier alpha value is -1.51. The van der Waals surface area contributed by atoms with Gasteiger partial charge in [0.1, 0.15) is 5.84 Å². The second-order valence-corrected chi connectivity index (χ2v) is 8.04. The van der Waals surface area contributed by atoms with E-state index in [0.29, 0.717) is 16.6 Å². The van der Waals surface area contributed by atoms with Crippen molar-refractivity contribution in [1.82, 2.24) is 0 Å². The van der Waals surface area contributed by atoms with Crippen LogP contribution in [-0.4, -0.2) is 5.84 Å². The lowest BCUT2D eigenvalue weighted by Gasteiger charge is -2.42. The van der Waals surface area contributed by atoms with Gasteiger partial charge in [0.25, 0.3) is 0 Å². The second-order valence-electron chi connectivity index (χ2n) is 7.20. The van der Waals surface area contributed by atoms with Crippen molar-refractivity contribution in [1.29, 1.82) is 0 Å². The third-order valence-corrected chi connectivity index (χ3v) is 6.12. The largest absolute Gasteiger partial charge is 0.343 e. The minimum Gasteiger partial charge on any atom is -0.343 e. The quantitative estimate of drug-likeness (QED) is 0.637. The Balaban J connectivity index is 1.67. The highest BCUT2D eigenvalue weighted by Crippen LogP contribution is 2.45. The number of anilines is 1. The zero-order valence-electron chi connectivity index (χ0n) is 14.2. The van der Waals surface area contributed by atoms with E-state index >= 15 is 0 Å². The van der Waals surface area contributed by atoms with Gasteiger partial charge in [-0.1, -0.05) is 66.7 Å².